The summed E-state index contributed by atoms with van der Waals surface area (Å²) in [5.74, 6) is 1.34. The van der Waals surface area contributed by atoms with E-state index in [1.165, 1.54) is 5.56 Å². The molecular weight excluding hydrogens is 372 g/mol. The van der Waals surface area contributed by atoms with Crippen LogP contribution in [0.4, 0.5) is 5.69 Å². The van der Waals surface area contributed by atoms with Gasteiger partial charge in [-0.2, -0.15) is 11.8 Å². The molecule has 3 rings (SSSR count). The van der Waals surface area contributed by atoms with Gasteiger partial charge in [-0.15, -0.1) is 0 Å². The Hall–Kier alpha value is -2.31. The van der Waals surface area contributed by atoms with Gasteiger partial charge in [0.25, 0.3) is 5.91 Å². The number of hydrogen-bond acceptors (Lipinski definition) is 4. The molecule has 0 radical (unpaired) electrons. The first-order valence-electron chi connectivity index (χ1n) is 9.63. The van der Waals surface area contributed by atoms with Crippen LogP contribution in [0.25, 0.3) is 0 Å². The fourth-order valence-electron chi connectivity index (χ4n) is 3.04. The molecule has 2 N–H and O–H groups in total. The van der Waals surface area contributed by atoms with Gasteiger partial charge in [-0.3, -0.25) is 9.59 Å². The predicted octanol–water partition coefficient (Wildman–Crippen LogP) is 3.86. The van der Waals surface area contributed by atoms with Crippen molar-refractivity contribution in [3.05, 3.63) is 65.7 Å². The molecule has 1 unspecified atom stereocenters. The van der Waals surface area contributed by atoms with Crippen molar-refractivity contribution >= 4 is 29.3 Å². The van der Waals surface area contributed by atoms with Crippen LogP contribution in [-0.4, -0.2) is 36.8 Å². The van der Waals surface area contributed by atoms with Gasteiger partial charge in [0.15, 0.2) is 0 Å². The fraction of sp³-hybridized carbons (Fsp3) is 0.364. The van der Waals surface area contributed by atoms with E-state index in [4.69, 9.17) is 4.74 Å². The first-order chi connectivity index (χ1) is 13.7. The summed E-state index contributed by atoms with van der Waals surface area (Å²) in [5.41, 5.74) is 2.28. The second-order valence-electron chi connectivity index (χ2n) is 6.73. The number of thioether (sulfide) groups is 1. The average molecular weight is 399 g/mol. The largest absolute Gasteiger partial charge is 0.376 e. The Labute approximate surface area is 170 Å². The van der Waals surface area contributed by atoms with E-state index in [1.807, 2.05) is 24.3 Å². The van der Waals surface area contributed by atoms with Crippen LogP contribution in [0.15, 0.2) is 54.6 Å². The SMILES string of the molecule is O=C(CCSCc1ccccc1)Nc1ccccc1C(=O)NCC1CCCO1. The zero-order valence-electron chi connectivity index (χ0n) is 15.9. The van der Waals surface area contributed by atoms with Gasteiger partial charge in [0, 0.05) is 31.1 Å². The highest BCUT2D eigenvalue weighted by Gasteiger charge is 2.18. The highest BCUT2D eigenvalue weighted by Crippen LogP contribution is 2.17. The Morgan fingerprint density at radius 1 is 1.07 bits per heavy atom. The van der Waals surface area contributed by atoms with Crippen molar-refractivity contribution in [2.24, 2.45) is 0 Å². The molecule has 2 aromatic rings. The fourth-order valence-corrected chi connectivity index (χ4v) is 3.94. The summed E-state index contributed by atoms with van der Waals surface area (Å²) in [5, 5.41) is 5.78. The van der Waals surface area contributed by atoms with Gasteiger partial charge in [-0.25, -0.2) is 0 Å². The Kier molecular flexibility index (Phi) is 7.94. The zero-order valence-corrected chi connectivity index (χ0v) is 16.7. The first kappa shape index (κ1) is 20.4. The third kappa shape index (κ3) is 6.39. The molecule has 1 saturated heterocycles. The molecule has 1 fully saturated rings. The van der Waals surface area contributed by atoms with E-state index in [0.29, 0.717) is 24.2 Å². The number of carbonyl (C=O) groups is 2. The van der Waals surface area contributed by atoms with Gasteiger partial charge >= 0.3 is 0 Å². The van der Waals surface area contributed by atoms with Gasteiger partial charge in [-0.1, -0.05) is 42.5 Å². The topological polar surface area (TPSA) is 67.4 Å². The van der Waals surface area contributed by atoms with E-state index in [1.54, 1.807) is 30.0 Å². The van der Waals surface area contributed by atoms with Crippen molar-refractivity contribution in [3.8, 4) is 0 Å². The molecular formula is C22H26N2O3S. The molecule has 0 saturated carbocycles. The van der Waals surface area contributed by atoms with E-state index < -0.39 is 0 Å². The molecule has 1 aliphatic heterocycles. The van der Waals surface area contributed by atoms with Gasteiger partial charge in [-0.05, 0) is 30.5 Å². The van der Waals surface area contributed by atoms with Gasteiger partial charge in [0.05, 0.1) is 17.4 Å². The van der Waals surface area contributed by atoms with Crippen molar-refractivity contribution in [2.45, 2.75) is 31.1 Å². The highest BCUT2D eigenvalue weighted by atomic mass is 32.2. The van der Waals surface area contributed by atoms with Crippen LogP contribution < -0.4 is 10.6 Å². The minimum Gasteiger partial charge on any atom is -0.376 e. The molecule has 5 nitrogen and oxygen atoms in total. The number of anilines is 1. The van der Waals surface area contributed by atoms with Crippen LogP contribution in [0.2, 0.25) is 0 Å². The number of benzene rings is 2. The molecule has 148 valence electrons. The Bertz CT molecular complexity index is 776. The molecule has 2 aromatic carbocycles. The average Bonchev–Trinajstić information content (AvgIpc) is 3.24. The van der Waals surface area contributed by atoms with Crippen molar-refractivity contribution in [3.63, 3.8) is 0 Å². The third-order valence-corrected chi connectivity index (χ3v) is 5.58. The van der Waals surface area contributed by atoms with E-state index in [9.17, 15) is 9.59 Å². The lowest BCUT2D eigenvalue weighted by atomic mass is 10.1. The van der Waals surface area contributed by atoms with E-state index in [-0.39, 0.29) is 17.9 Å². The normalized spacial score (nSPS) is 15.9. The van der Waals surface area contributed by atoms with Gasteiger partial charge in [0.1, 0.15) is 0 Å². The summed E-state index contributed by atoms with van der Waals surface area (Å²) in [6.45, 7) is 1.26. The molecule has 0 aromatic heterocycles. The first-order valence-corrected chi connectivity index (χ1v) is 10.8. The number of rotatable bonds is 9. The summed E-state index contributed by atoms with van der Waals surface area (Å²) in [6, 6.07) is 17.3. The lowest BCUT2D eigenvalue weighted by molar-refractivity contribution is -0.115. The lowest BCUT2D eigenvalue weighted by Crippen LogP contribution is -2.32. The van der Waals surface area contributed by atoms with Crippen LogP contribution >= 0.6 is 11.8 Å². The second-order valence-corrected chi connectivity index (χ2v) is 7.83. The molecule has 0 spiro atoms. The monoisotopic (exact) mass is 398 g/mol. The quantitative estimate of drug-likeness (QED) is 0.630. The summed E-state index contributed by atoms with van der Waals surface area (Å²) in [4.78, 5) is 24.8. The van der Waals surface area contributed by atoms with Crippen molar-refractivity contribution < 1.29 is 14.3 Å². The summed E-state index contributed by atoms with van der Waals surface area (Å²) < 4.78 is 5.53. The maximum Gasteiger partial charge on any atom is 0.253 e. The minimum atomic E-state index is -0.190. The molecule has 2 amide bonds. The van der Waals surface area contributed by atoms with Crippen LogP contribution in [0.3, 0.4) is 0 Å². The zero-order chi connectivity index (χ0) is 19.6. The summed E-state index contributed by atoms with van der Waals surface area (Å²) in [6.07, 6.45) is 2.50. The molecule has 0 aliphatic carbocycles. The standard InChI is InChI=1S/C22H26N2O3S/c25-21(12-14-28-16-17-7-2-1-3-8-17)24-20-11-5-4-10-19(20)22(26)23-15-18-9-6-13-27-18/h1-5,7-8,10-11,18H,6,9,12-16H2,(H,23,26)(H,24,25). The molecule has 0 bridgehead atoms. The van der Waals surface area contributed by atoms with Crippen molar-refractivity contribution in [2.75, 3.05) is 24.2 Å². The molecule has 1 aliphatic rings. The van der Waals surface area contributed by atoms with E-state index in [2.05, 4.69) is 22.8 Å². The number of hydrogen-bond donors (Lipinski definition) is 2. The number of carbonyl (C=O) groups excluding carboxylic acids is 2. The molecule has 1 atom stereocenters. The highest BCUT2D eigenvalue weighted by molar-refractivity contribution is 7.98. The Morgan fingerprint density at radius 2 is 1.86 bits per heavy atom. The Balaban J connectivity index is 1.45. The summed E-state index contributed by atoms with van der Waals surface area (Å²) in [7, 11) is 0. The van der Waals surface area contributed by atoms with E-state index >= 15 is 0 Å². The third-order valence-electron chi connectivity index (χ3n) is 4.55. The lowest BCUT2D eigenvalue weighted by Gasteiger charge is -2.13. The second kappa shape index (κ2) is 10.9. The molecule has 1 heterocycles. The maximum absolute atomic E-state index is 12.5. The number of ether oxygens (including phenoxy) is 1. The van der Waals surface area contributed by atoms with Crippen LogP contribution in [0.1, 0.15) is 35.2 Å². The Morgan fingerprint density at radius 3 is 2.64 bits per heavy atom. The number of nitrogens with one attached hydrogen (secondary N) is 2. The maximum atomic E-state index is 12.5. The van der Waals surface area contributed by atoms with Gasteiger partial charge < -0.3 is 15.4 Å². The smallest absolute Gasteiger partial charge is 0.253 e. The summed E-state index contributed by atoms with van der Waals surface area (Å²) >= 11 is 1.72. The van der Waals surface area contributed by atoms with Crippen molar-refractivity contribution in [1.29, 1.82) is 0 Å². The number of para-hydroxylation sites is 1. The van der Waals surface area contributed by atoms with Gasteiger partial charge in [0.2, 0.25) is 5.91 Å². The van der Waals surface area contributed by atoms with Crippen LogP contribution in [-0.2, 0) is 15.3 Å². The molecule has 6 heteroatoms. The molecule has 28 heavy (non-hydrogen) atoms. The van der Waals surface area contributed by atoms with Crippen molar-refractivity contribution in [1.82, 2.24) is 5.32 Å². The van der Waals surface area contributed by atoms with Crippen LogP contribution in [0, 0.1) is 0 Å². The minimum absolute atomic E-state index is 0.0834. The number of amides is 2. The van der Waals surface area contributed by atoms with E-state index in [0.717, 1.165) is 31.0 Å². The van der Waals surface area contributed by atoms with Crippen LogP contribution in [0.5, 0.6) is 0 Å². The predicted molar refractivity (Wildman–Crippen MR) is 114 cm³/mol.